The quantitative estimate of drug-likeness (QED) is 0.805. The Hall–Kier alpha value is -2.14. The van der Waals surface area contributed by atoms with Crippen LogP contribution in [0.15, 0.2) is 42.6 Å². The molecule has 1 saturated heterocycles. The molecule has 1 aliphatic rings. The molecule has 3 rings (SSSR count). The molecule has 0 saturated carbocycles. The molecule has 1 atom stereocenters. The SMILES string of the molecule is COC(=O)C1CCN(Cc2ccn(-c3ccccc3)n2)C1. The van der Waals surface area contributed by atoms with Crippen LogP contribution in [0, 0.1) is 5.92 Å². The van der Waals surface area contributed by atoms with Gasteiger partial charge in [0.05, 0.1) is 24.4 Å². The molecule has 21 heavy (non-hydrogen) atoms. The second-order valence-corrected chi connectivity index (χ2v) is 5.33. The zero-order valence-electron chi connectivity index (χ0n) is 12.1. The van der Waals surface area contributed by atoms with Gasteiger partial charge in [0.2, 0.25) is 0 Å². The van der Waals surface area contributed by atoms with E-state index in [4.69, 9.17) is 4.74 Å². The fourth-order valence-corrected chi connectivity index (χ4v) is 2.73. The van der Waals surface area contributed by atoms with Crippen molar-refractivity contribution in [1.82, 2.24) is 14.7 Å². The van der Waals surface area contributed by atoms with Gasteiger partial charge in [-0.2, -0.15) is 5.10 Å². The number of hydrogen-bond acceptors (Lipinski definition) is 4. The van der Waals surface area contributed by atoms with Crippen LogP contribution in [0.1, 0.15) is 12.1 Å². The third-order valence-electron chi connectivity index (χ3n) is 3.86. The van der Waals surface area contributed by atoms with Gasteiger partial charge in [-0.15, -0.1) is 0 Å². The van der Waals surface area contributed by atoms with Crippen molar-refractivity contribution in [2.45, 2.75) is 13.0 Å². The molecule has 5 nitrogen and oxygen atoms in total. The minimum absolute atomic E-state index is 0.00575. The van der Waals surface area contributed by atoms with E-state index in [1.165, 1.54) is 7.11 Å². The Balaban J connectivity index is 1.62. The first-order chi connectivity index (χ1) is 10.3. The van der Waals surface area contributed by atoms with Crippen LogP contribution in [-0.4, -0.2) is 40.8 Å². The maximum absolute atomic E-state index is 11.5. The molecule has 1 aromatic carbocycles. The minimum atomic E-state index is -0.104. The molecule has 2 aromatic rings. The Morgan fingerprint density at radius 3 is 2.90 bits per heavy atom. The molecular weight excluding hydrogens is 266 g/mol. The summed E-state index contributed by atoms with van der Waals surface area (Å²) in [6.45, 7) is 2.44. The maximum atomic E-state index is 11.5. The molecule has 0 radical (unpaired) electrons. The number of carbonyl (C=O) groups is 1. The Kier molecular flexibility index (Phi) is 4.01. The van der Waals surface area contributed by atoms with Crippen molar-refractivity contribution in [2.75, 3.05) is 20.2 Å². The van der Waals surface area contributed by atoms with E-state index in [2.05, 4.69) is 10.00 Å². The number of aromatic nitrogens is 2. The van der Waals surface area contributed by atoms with Crippen LogP contribution < -0.4 is 0 Å². The summed E-state index contributed by atoms with van der Waals surface area (Å²) in [5.41, 5.74) is 2.07. The summed E-state index contributed by atoms with van der Waals surface area (Å²) in [5, 5.41) is 4.59. The van der Waals surface area contributed by atoms with E-state index in [9.17, 15) is 4.79 Å². The molecule has 0 aliphatic carbocycles. The maximum Gasteiger partial charge on any atom is 0.310 e. The number of benzene rings is 1. The summed E-state index contributed by atoms with van der Waals surface area (Å²) in [6, 6.07) is 12.1. The van der Waals surface area contributed by atoms with Crippen molar-refractivity contribution in [3.63, 3.8) is 0 Å². The van der Waals surface area contributed by atoms with E-state index in [1.54, 1.807) is 0 Å². The topological polar surface area (TPSA) is 47.4 Å². The number of hydrogen-bond donors (Lipinski definition) is 0. The van der Waals surface area contributed by atoms with Crippen LogP contribution in [0.4, 0.5) is 0 Å². The van der Waals surface area contributed by atoms with Crippen LogP contribution >= 0.6 is 0 Å². The molecule has 2 heterocycles. The van der Waals surface area contributed by atoms with Gasteiger partial charge in [0, 0.05) is 19.3 Å². The van der Waals surface area contributed by atoms with Gasteiger partial charge in [-0.05, 0) is 31.2 Å². The van der Waals surface area contributed by atoms with Gasteiger partial charge in [0.15, 0.2) is 0 Å². The minimum Gasteiger partial charge on any atom is -0.469 e. The Labute approximate surface area is 124 Å². The van der Waals surface area contributed by atoms with Gasteiger partial charge in [0.1, 0.15) is 0 Å². The number of nitrogens with zero attached hydrogens (tertiary/aromatic N) is 3. The normalized spacial score (nSPS) is 18.8. The number of carbonyl (C=O) groups excluding carboxylic acids is 1. The van der Waals surface area contributed by atoms with E-state index in [0.717, 1.165) is 37.4 Å². The van der Waals surface area contributed by atoms with Crippen LogP contribution in [0.2, 0.25) is 0 Å². The van der Waals surface area contributed by atoms with Crippen molar-refractivity contribution in [3.8, 4) is 5.69 Å². The highest BCUT2D eigenvalue weighted by atomic mass is 16.5. The molecule has 1 fully saturated rings. The van der Waals surface area contributed by atoms with Crippen LogP contribution in [0.5, 0.6) is 0 Å². The first kappa shape index (κ1) is 13.8. The van der Waals surface area contributed by atoms with E-state index >= 15 is 0 Å². The lowest BCUT2D eigenvalue weighted by atomic mass is 10.1. The lowest BCUT2D eigenvalue weighted by molar-refractivity contribution is -0.144. The van der Waals surface area contributed by atoms with Gasteiger partial charge in [-0.1, -0.05) is 18.2 Å². The van der Waals surface area contributed by atoms with Crippen molar-refractivity contribution in [1.29, 1.82) is 0 Å². The fraction of sp³-hybridized carbons (Fsp3) is 0.375. The number of para-hydroxylation sites is 1. The highest BCUT2D eigenvalue weighted by Gasteiger charge is 2.29. The Morgan fingerprint density at radius 2 is 2.14 bits per heavy atom. The van der Waals surface area contributed by atoms with Crippen molar-refractivity contribution < 1.29 is 9.53 Å². The smallest absolute Gasteiger partial charge is 0.310 e. The summed E-state index contributed by atoms with van der Waals surface area (Å²) in [4.78, 5) is 13.8. The van der Waals surface area contributed by atoms with Crippen molar-refractivity contribution in [3.05, 3.63) is 48.3 Å². The summed E-state index contributed by atoms with van der Waals surface area (Å²) >= 11 is 0. The van der Waals surface area contributed by atoms with Crippen molar-refractivity contribution >= 4 is 5.97 Å². The van der Waals surface area contributed by atoms with E-state index < -0.39 is 0 Å². The highest BCUT2D eigenvalue weighted by Crippen LogP contribution is 2.19. The lowest BCUT2D eigenvalue weighted by Crippen LogP contribution is -2.23. The number of rotatable bonds is 4. The Morgan fingerprint density at radius 1 is 1.33 bits per heavy atom. The van der Waals surface area contributed by atoms with Gasteiger partial charge in [0.25, 0.3) is 0 Å². The summed E-state index contributed by atoms with van der Waals surface area (Å²) in [6.07, 6.45) is 2.84. The molecule has 1 aromatic heterocycles. The molecule has 0 N–H and O–H groups in total. The monoisotopic (exact) mass is 285 g/mol. The predicted octanol–water partition coefficient (Wildman–Crippen LogP) is 1.87. The van der Waals surface area contributed by atoms with Crippen LogP contribution in [0.3, 0.4) is 0 Å². The predicted molar refractivity (Wildman–Crippen MR) is 79.0 cm³/mol. The van der Waals surface area contributed by atoms with E-state index in [1.807, 2.05) is 47.3 Å². The number of likely N-dealkylation sites (tertiary alicyclic amines) is 1. The molecule has 0 bridgehead atoms. The summed E-state index contributed by atoms with van der Waals surface area (Å²) in [5.74, 6) is -0.0986. The second-order valence-electron chi connectivity index (χ2n) is 5.33. The molecule has 1 unspecified atom stereocenters. The number of ether oxygens (including phenoxy) is 1. The molecule has 0 amide bonds. The number of methoxy groups -OCH3 is 1. The first-order valence-corrected chi connectivity index (χ1v) is 7.16. The molecule has 5 heteroatoms. The largest absolute Gasteiger partial charge is 0.469 e. The first-order valence-electron chi connectivity index (χ1n) is 7.16. The van der Waals surface area contributed by atoms with Crippen LogP contribution in [0.25, 0.3) is 5.69 Å². The highest BCUT2D eigenvalue weighted by molar-refractivity contribution is 5.72. The lowest BCUT2D eigenvalue weighted by Gasteiger charge is -2.13. The zero-order valence-corrected chi connectivity index (χ0v) is 12.1. The molecule has 0 spiro atoms. The molecule has 110 valence electrons. The molecular formula is C16H19N3O2. The Bertz CT molecular complexity index is 609. The van der Waals surface area contributed by atoms with Gasteiger partial charge in [-0.3, -0.25) is 9.69 Å². The van der Waals surface area contributed by atoms with Crippen molar-refractivity contribution in [2.24, 2.45) is 5.92 Å². The van der Waals surface area contributed by atoms with E-state index in [0.29, 0.717) is 0 Å². The molecule has 1 aliphatic heterocycles. The van der Waals surface area contributed by atoms with E-state index in [-0.39, 0.29) is 11.9 Å². The number of esters is 1. The average Bonchev–Trinajstić information content (AvgIpc) is 3.17. The van der Waals surface area contributed by atoms with Gasteiger partial charge < -0.3 is 4.74 Å². The average molecular weight is 285 g/mol. The summed E-state index contributed by atoms with van der Waals surface area (Å²) < 4.78 is 6.69. The third kappa shape index (κ3) is 3.13. The summed E-state index contributed by atoms with van der Waals surface area (Å²) in [7, 11) is 1.45. The second kappa shape index (κ2) is 6.10. The van der Waals surface area contributed by atoms with Crippen LogP contribution in [-0.2, 0) is 16.1 Å². The zero-order chi connectivity index (χ0) is 14.7. The van der Waals surface area contributed by atoms with Gasteiger partial charge >= 0.3 is 5.97 Å². The third-order valence-corrected chi connectivity index (χ3v) is 3.86. The standard InChI is InChI=1S/C16H19N3O2/c1-21-16(20)13-7-9-18(11-13)12-14-8-10-19(17-14)15-5-3-2-4-6-15/h2-6,8,10,13H,7,9,11-12H2,1H3. The fourth-order valence-electron chi connectivity index (χ4n) is 2.73. The van der Waals surface area contributed by atoms with Gasteiger partial charge in [-0.25, -0.2) is 4.68 Å².